The highest BCUT2D eigenvalue weighted by Crippen LogP contribution is 2.21. The van der Waals surface area contributed by atoms with Gasteiger partial charge in [0.15, 0.2) is 0 Å². The van der Waals surface area contributed by atoms with E-state index in [1.165, 1.54) is 5.56 Å². The fraction of sp³-hybridized carbons (Fsp3) is 0.0952. The van der Waals surface area contributed by atoms with Crippen molar-refractivity contribution in [1.29, 1.82) is 0 Å². The van der Waals surface area contributed by atoms with Crippen LogP contribution in [0.2, 0.25) is 5.02 Å². The second-order valence-electron chi connectivity index (χ2n) is 5.65. The topological polar surface area (TPSA) is 33.6 Å². The van der Waals surface area contributed by atoms with Crippen molar-refractivity contribution < 1.29 is 4.74 Å². The number of aryl methyl sites for hydroxylation is 1. The normalized spacial score (nSPS) is 10.8. The van der Waals surface area contributed by atoms with Crippen molar-refractivity contribution in [2.45, 2.75) is 13.5 Å². The smallest absolute Gasteiger partial charge is 0.128 e. The van der Waals surface area contributed by atoms with Gasteiger partial charge in [0, 0.05) is 16.1 Å². The van der Waals surface area contributed by atoms with E-state index in [1.54, 1.807) is 6.21 Å². The molecular formula is C21H19ClN2O. The molecule has 3 aromatic carbocycles. The number of benzene rings is 3. The first-order valence-corrected chi connectivity index (χ1v) is 8.41. The number of nitrogens with zero attached hydrogens (tertiary/aromatic N) is 1. The van der Waals surface area contributed by atoms with Crippen LogP contribution in [-0.2, 0) is 6.61 Å². The Morgan fingerprint density at radius 1 is 0.960 bits per heavy atom. The van der Waals surface area contributed by atoms with Crippen LogP contribution in [0.5, 0.6) is 5.75 Å². The summed E-state index contributed by atoms with van der Waals surface area (Å²) in [4.78, 5) is 0. The molecule has 3 aromatic rings. The summed E-state index contributed by atoms with van der Waals surface area (Å²) in [5, 5.41) is 5.00. The lowest BCUT2D eigenvalue weighted by Crippen LogP contribution is -1.99. The van der Waals surface area contributed by atoms with E-state index in [4.69, 9.17) is 16.3 Å². The molecule has 0 radical (unpaired) electrons. The van der Waals surface area contributed by atoms with E-state index in [0.717, 1.165) is 22.6 Å². The lowest BCUT2D eigenvalue weighted by atomic mass is 10.2. The van der Waals surface area contributed by atoms with Crippen molar-refractivity contribution in [1.82, 2.24) is 0 Å². The van der Waals surface area contributed by atoms with Gasteiger partial charge in [-0.05, 0) is 37.3 Å². The van der Waals surface area contributed by atoms with Gasteiger partial charge in [-0.3, -0.25) is 5.43 Å². The summed E-state index contributed by atoms with van der Waals surface area (Å²) in [5.41, 5.74) is 7.03. The van der Waals surface area contributed by atoms with Crippen LogP contribution in [0.4, 0.5) is 5.69 Å². The number of hydrogen-bond acceptors (Lipinski definition) is 3. The van der Waals surface area contributed by atoms with E-state index in [-0.39, 0.29) is 0 Å². The Balaban J connectivity index is 1.67. The Morgan fingerprint density at radius 2 is 1.68 bits per heavy atom. The Labute approximate surface area is 152 Å². The van der Waals surface area contributed by atoms with E-state index in [1.807, 2.05) is 72.8 Å². The summed E-state index contributed by atoms with van der Waals surface area (Å²) in [7, 11) is 0. The zero-order valence-corrected chi connectivity index (χ0v) is 14.7. The van der Waals surface area contributed by atoms with E-state index in [0.29, 0.717) is 11.6 Å². The maximum atomic E-state index is 6.18. The standard InChI is InChI=1S/C21H19ClN2O/c1-16-10-12-19(13-11-16)24-23-14-17-6-3-5-9-21(17)25-15-18-7-2-4-8-20(18)22/h2-14,24H,15H2,1H3. The number of hydrazone groups is 1. The van der Waals surface area contributed by atoms with Gasteiger partial charge >= 0.3 is 0 Å². The summed E-state index contributed by atoms with van der Waals surface area (Å²) < 4.78 is 5.92. The number of nitrogens with one attached hydrogen (secondary N) is 1. The van der Waals surface area contributed by atoms with Gasteiger partial charge < -0.3 is 4.74 Å². The van der Waals surface area contributed by atoms with Crippen LogP contribution in [0.15, 0.2) is 77.9 Å². The molecule has 0 heterocycles. The fourth-order valence-corrected chi connectivity index (χ4v) is 2.48. The van der Waals surface area contributed by atoms with E-state index < -0.39 is 0 Å². The van der Waals surface area contributed by atoms with Crippen molar-refractivity contribution in [3.8, 4) is 5.75 Å². The van der Waals surface area contributed by atoms with Crippen LogP contribution in [0.3, 0.4) is 0 Å². The summed E-state index contributed by atoms with van der Waals surface area (Å²) in [6.45, 7) is 2.47. The first-order valence-electron chi connectivity index (χ1n) is 8.03. The Bertz CT molecular complexity index is 860. The molecule has 3 rings (SSSR count). The molecule has 0 aliphatic heterocycles. The third-order valence-corrected chi connectivity index (χ3v) is 4.08. The lowest BCUT2D eigenvalue weighted by molar-refractivity contribution is 0.306. The predicted octanol–water partition coefficient (Wildman–Crippen LogP) is 5.67. The molecule has 0 aliphatic rings. The van der Waals surface area contributed by atoms with Crippen molar-refractivity contribution in [3.05, 3.63) is 94.5 Å². The molecule has 25 heavy (non-hydrogen) atoms. The second-order valence-corrected chi connectivity index (χ2v) is 6.06. The minimum absolute atomic E-state index is 0.413. The van der Waals surface area contributed by atoms with E-state index >= 15 is 0 Å². The largest absolute Gasteiger partial charge is 0.488 e. The number of halogens is 1. The van der Waals surface area contributed by atoms with Crippen LogP contribution in [-0.4, -0.2) is 6.21 Å². The van der Waals surface area contributed by atoms with Gasteiger partial charge in [-0.2, -0.15) is 5.10 Å². The molecule has 0 atom stereocenters. The predicted molar refractivity (Wildman–Crippen MR) is 105 cm³/mol. The maximum Gasteiger partial charge on any atom is 0.128 e. The molecule has 1 N–H and O–H groups in total. The SMILES string of the molecule is Cc1ccc(NN=Cc2ccccc2OCc2ccccc2Cl)cc1. The number of hydrogen-bond donors (Lipinski definition) is 1. The molecule has 3 nitrogen and oxygen atoms in total. The number of anilines is 1. The zero-order valence-electron chi connectivity index (χ0n) is 13.9. The van der Waals surface area contributed by atoms with Gasteiger partial charge in [-0.25, -0.2) is 0 Å². The number of rotatable bonds is 6. The minimum Gasteiger partial charge on any atom is -0.488 e. The minimum atomic E-state index is 0.413. The third kappa shape index (κ3) is 4.85. The highest BCUT2D eigenvalue weighted by Gasteiger charge is 2.03. The fourth-order valence-electron chi connectivity index (χ4n) is 2.29. The van der Waals surface area contributed by atoms with Crippen molar-refractivity contribution >= 4 is 23.5 Å². The Morgan fingerprint density at radius 3 is 2.48 bits per heavy atom. The van der Waals surface area contributed by atoms with E-state index in [9.17, 15) is 0 Å². The van der Waals surface area contributed by atoms with Gasteiger partial charge in [-0.15, -0.1) is 0 Å². The van der Waals surface area contributed by atoms with Crippen molar-refractivity contribution in [2.75, 3.05) is 5.43 Å². The average Bonchev–Trinajstić information content (AvgIpc) is 2.64. The number of para-hydroxylation sites is 1. The summed E-state index contributed by atoms with van der Waals surface area (Å²) in [6.07, 6.45) is 1.75. The van der Waals surface area contributed by atoms with E-state index in [2.05, 4.69) is 17.5 Å². The van der Waals surface area contributed by atoms with Crippen molar-refractivity contribution in [3.63, 3.8) is 0 Å². The molecule has 126 valence electrons. The molecule has 0 aromatic heterocycles. The Hall–Kier alpha value is -2.78. The molecule has 0 saturated heterocycles. The highest BCUT2D eigenvalue weighted by atomic mass is 35.5. The van der Waals surface area contributed by atoms with Crippen LogP contribution in [0, 0.1) is 6.92 Å². The number of ether oxygens (including phenoxy) is 1. The molecule has 0 amide bonds. The second kappa shape index (κ2) is 8.36. The van der Waals surface area contributed by atoms with Gasteiger partial charge in [0.2, 0.25) is 0 Å². The van der Waals surface area contributed by atoms with Gasteiger partial charge in [0.1, 0.15) is 12.4 Å². The van der Waals surface area contributed by atoms with Crippen LogP contribution < -0.4 is 10.2 Å². The zero-order chi connectivity index (χ0) is 17.5. The molecule has 4 heteroatoms. The summed E-state index contributed by atoms with van der Waals surface area (Å²) in [6, 6.07) is 23.5. The van der Waals surface area contributed by atoms with Gasteiger partial charge in [-0.1, -0.05) is 59.6 Å². The van der Waals surface area contributed by atoms with Gasteiger partial charge in [0.05, 0.1) is 11.9 Å². The lowest BCUT2D eigenvalue weighted by Gasteiger charge is -2.10. The molecule has 0 unspecified atom stereocenters. The van der Waals surface area contributed by atoms with Gasteiger partial charge in [0.25, 0.3) is 0 Å². The van der Waals surface area contributed by atoms with Crippen LogP contribution in [0.1, 0.15) is 16.7 Å². The third-order valence-electron chi connectivity index (χ3n) is 3.71. The van der Waals surface area contributed by atoms with Crippen molar-refractivity contribution in [2.24, 2.45) is 5.10 Å². The molecule has 0 bridgehead atoms. The first-order chi connectivity index (χ1) is 12.2. The molecule has 0 spiro atoms. The monoisotopic (exact) mass is 350 g/mol. The average molecular weight is 351 g/mol. The molecule has 0 aliphatic carbocycles. The van der Waals surface area contributed by atoms with Crippen LogP contribution >= 0.6 is 11.6 Å². The first kappa shape index (κ1) is 17.1. The molecular weight excluding hydrogens is 332 g/mol. The quantitative estimate of drug-likeness (QED) is 0.458. The summed E-state index contributed by atoms with van der Waals surface area (Å²) in [5.74, 6) is 0.761. The Kier molecular flexibility index (Phi) is 5.70. The highest BCUT2D eigenvalue weighted by molar-refractivity contribution is 6.31. The maximum absolute atomic E-state index is 6.18. The molecule has 0 fully saturated rings. The van der Waals surface area contributed by atoms with Crippen LogP contribution in [0.25, 0.3) is 0 Å². The molecule has 0 saturated carbocycles. The summed E-state index contributed by atoms with van der Waals surface area (Å²) >= 11 is 6.18.